The average Bonchev–Trinajstić information content (AvgIpc) is 1.98. The van der Waals surface area contributed by atoms with Crippen molar-refractivity contribution in [2.24, 2.45) is 0 Å². The summed E-state index contributed by atoms with van der Waals surface area (Å²) in [6, 6.07) is 0. The van der Waals surface area contributed by atoms with Crippen LogP contribution in [-0.4, -0.2) is 19.8 Å². The first-order valence-corrected chi connectivity index (χ1v) is 3.00. The minimum atomic E-state index is -1.64. The molecule has 4 nitrogen and oxygen atoms in total. The molecule has 0 saturated heterocycles. The zero-order chi connectivity index (χ0) is 6.15. The maximum atomic E-state index is 10.3. The Morgan fingerprint density at radius 2 is 2.38 bits per heavy atom. The molecule has 0 aromatic heterocycles. The monoisotopic (exact) mass is 133 g/mol. The first kappa shape index (κ1) is 5.46. The Hall–Kier alpha value is -0.680. The van der Waals surface area contributed by atoms with Gasteiger partial charge < -0.3 is 0 Å². The van der Waals surface area contributed by atoms with Crippen molar-refractivity contribution in [1.82, 2.24) is 4.47 Å². The molecule has 1 aliphatic heterocycles. The van der Waals surface area contributed by atoms with E-state index in [1.165, 1.54) is 0 Å². The van der Waals surface area contributed by atoms with E-state index in [2.05, 4.69) is 0 Å². The molecule has 0 spiro atoms. The molecule has 8 heavy (non-hydrogen) atoms. The molecule has 44 valence electrons. The van der Waals surface area contributed by atoms with Crippen LogP contribution in [0.2, 0.25) is 0 Å². The first-order valence-electron chi connectivity index (χ1n) is 1.83. The lowest BCUT2D eigenvalue weighted by Crippen LogP contribution is -2.20. The van der Waals surface area contributed by atoms with Gasteiger partial charge in [0.15, 0.2) is 11.0 Å². The molecular weight excluding hydrogens is 130 g/mol. The summed E-state index contributed by atoms with van der Waals surface area (Å²) in [6.07, 6.45) is 1.05. The second-order valence-electron chi connectivity index (χ2n) is 1.19. The maximum absolute atomic E-state index is 10.3. The number of amides is 1. The van der Waals surface area contributed by atoms with E-state index in [1.807, 2.05) is 0 Å². The molecule has 1 atom stereocenters. The fourth-order valence-electron chi connectivity index (χ4n) is 0.326. The molecule has 0 aliphatic carbocycles. The number of hydroxylamine groups is 1. The highest BCUT2D eigenvalue weighted by Crippen LogP contribution is 2.02. The van der Waals surface area contributed by atoms with Gasteiger partial charge in [-0.15, -0.1) is 4.47 Å². The van der Waals surface area contributed by atoms with Crippen LogP contribution in [0.1, 0.15) is 0 Å². The van der Waals surface area contributed by atoms with Gasteiger partial charge in [-0.25, -0.2) is 4.21 Å². The van der Waals surface area contributed by atoms with Gasteiger partial charge in [-0.3, -0.25) is 10.0 Å². The highest BCUT2D eigenvalue weighted by Gasteiger charge is 2.18. The van der Waals surface area contributed by atoms with Crippen LogP contribution >= 0.6 is 0 Å². The van der Waals surface area contributed by atoms with Gasteiger partial charge in [0, 0.05) is 11.5 Å². The van der Waals surface area contributed by atoms with Crippen LogP contribution < -0.4 is 0 Å². The van der Waals surface area contributed by atoms with Crippen LogP contribution in [0.4, 0.5) is 0 Å². The zero-order valence-corrected chi connectivity index (χ0v) is 4.59. The van der Waals surface area contributed by atoms with E-state index in [4.69, 9.17) is 5.21 Å². The summed E-state index contributed by atoms with van der Waals surface area (Å²) < 4.78 is 10.4. The lowest BCUT2D eigenvalue weighted by atomic mass is 10.6. The van der Waals surface area contributed by atoms with Gasteiger partial charge in [0.25, 0.3) is 5.91 Å². The van der Waals surface area contributed by atoms with E-state index in [0.29, 0.717) is 0 Å². The molecule has 1 N–H and O–H groups in total. The number of rotatable bonds is 0. The van der Waals surface area contributed by atoms with E-state index in [9.17, 15) is 9.00 Å². The van der Waals surface area contributed by atoms with Crippen molar-refractivity contribution in [3.8, 4) is 0 Å². The number of hydrogen-bond donors (Lipinski definition) is 1. The topological polar surface area (TPSA) is 57.6 Å². The van der Waals surface area contributed by atoms with E-state index >= 15 is 0 Å². The summed E-state index contributed by atoms with van der Waals surface area (Å²) in [4.78, 5) is 10.2. The summed E-state index contributed by atoms with van der Waals surface area (Å²) in [5.74, 6) is -0.636. The van der Waals surface area contributed by atoms with Crippen LogP contribution in [0.3, 0.4) is 0 Å². The molecule has 0 aromatic carbocycles. The fraction of sp³-hybridized carbons (Fsp3) is 0. The van der Waals surface area contributed by atoms with Gasteiger partial charge in [0.2, 0.25) is 0 Å². The molecular formula is C3H3NO3S. The largest absolute Gasteiger partial charge is 0.283 e. The van der Waals surface area contributed by atoms with E-state index in [1.54, 1.807) is 0 Å². The van der Waals surface area contributed by atoms with Crippen LogP contribution in [0.15, 0.2) is 11.5 Å². The Bertz CT molecular complexity index is 157. The molecule has 1 unspecified atom stereocenters. The van der Waals surface area contributed by atoms with E-state index in [-0.39, 0.29) is 4.47 Å². The van der Waals surface area contributed by atoms with Gasteiger partial charge in [0.1, 0.15) is 0 Å². The smallest absolute Gasteiger partial charge is 0.273 e. The SMILES string of the molecule is O=C1C=CS(=O)N1O. The average molecular weight is 133 g/mol. The predicted octanol–water partition coefficient (Wildman–Crippen LogP) is -0.605. The molecule has 5 heteroatoms. The number of nitrogens with zero attached hydrogens (tertiary/aromatic N) is 1. The number of hydrogen-bond acceptors (Lipinski definition) is 3. The molecule has 0 saturated carbocycles. The van der Waals surface area contributed by atoms with Gasteiger partial charge >= 0.3 is 0 Å². The minimum absolute atomic E-state index is 0.167. The first-order chi connectivity index (χ1) is 3.72. The van der Waals surface area contributed by atoms with E-state index in [0.717, 1.165) is 11.5 Å². The molecule has 1 amide bonds. The summed E-state index contributed by atoms with van der Waals surface area (Å²) in [6.45, 7) is 0. The molecule has 0 aromatic rings. The zero-order valence-electron chi connectivity index (χ0n) is 3.77. The normalized spacial score (nSPS) is 27.4. The molecule has 0 fully saturated rings. The van der Waals surface area contributed by atoms with Crippen molar-refractivity contribution in [3.05, 3.63) is 11.5 Å². The minimum Gasteiger partial charge on any atom is -0.273 e. The van der Waals surface area contributed by atoms with Gasteiger partial charge in [-0.2, -0.15) is 0 Å². The maximum Gasteiger partial charge on any atom is 0.283 e. The summed E-state index contributed by atoms with van der Waals surface area (Å²) in [5.41, 5.74) is 0. The van der Waals surface area contributed by atoms with Crippen LogP contribution in [-0.2, 0) is 15.8 Å². The van der Waals surface area contributed by atoms with Gasteiger partial charge in [0.05, 0.1) is 0 Å². The highest BCUT2D eigenvalue weighted by molar-refractivity contribution is 7.86. The van der Waals surface area contributed by atoms with E-state index < -0.39 is 16.9 Å². The lowest BCUT2D eigenvalue weighted by Gasteiger charge is -1.99. The van der Waals surface area contributed by atoms with Crippen molar-refractivity contribution < 1.29 is 14.2 Å². The van der Waals surface area contributed by atoms with Crippen LogP contribution in [0.25, 0.3) is 0 Å². The third kappa shape index (κ3) is 0.654. The second kappa shape index (κ2) is 1.68. The van der Waals surface area contributed by atoms with Crippen LogP contribution in [0.5, 0.6) is 0 Å². The quantitative estimate of drug-likeness (QED) is 0.449. The van der Waals surface area contributed by atoms with Crippen molar-refractivity contribution in [2.75, 3.05) is 0 Å². The van der Waals surface area contributed by atoms with Gasteiger partial charge in [-0.05, 0) is 0 Å². The Morgan fingerprint density at radius 1 is 1.75 bits per heavy atom. The number of carbonyl (C=O) groups is 1. The lowest BCUT2D eigenvalue weighted by molar-refractivity contribution is -0.138. The molecule has 1 rings (SSSR count). The van der Waals surface area contributed by atoms with Crippen molar-refractivity contribution in [2.45, 2.75) is 0 Å². The third-order valence-corrected chi connectivity index (χ3v) is 1.58. The van der Waals surface area contributed by atoms with Gasteiger partial charge in [-0.1, -0.05) is 0 Å². The summed E-state index contributed by atoms with van der Waals surface area (Å²) >= 11 is 0. The predicted molar refractivity (Wildman–Crippen MR) is 25.9 cm³/mol. The second-order valence-corrected chi connectivity index (χ2v) is 2.36. The van der Waals surface area contributed by atoms with Crippen molar-refractivity contribution in [1.29, 1.82) is 0 Å². The molecule has 1 heterocycles. The highest BCUT2D eigenvalue weighted by atomic mass is 32.2. The van der Waals surface area contributed by atoms with Crippen LogP contribution in [0, 0.1) is 0 Å². The Morgan fingerprint density at radius 3 is 2.50 bits per heavy atom. The Balaban J connectivity index is 2.84. The number of carbonyl (C=O) groups excluding carboxylic acids is 1. The standard InChI is InChI=1S/C3H3NO3S/c5-3-1-2-8(7)4(3)6/h1-2,6H. The molecule has 1 aliphatic rings. The summed E-state index contributed by atoms with van der Waals surface area (Å²) in [5, 5.41) is 9.50. The summed E-state index contributed by atoms with van der Waals surface area (Å²) in [7, 11) is -1.64. The molecule has 0 bridgehead atoms. The van der Waals surface area contributed by atoms with Crippen molar-refractivity contribution >= 4 is 16.9 Å². The fourth-order valence-corrected chi connectivity index (χ4v) is 0.913. The third-order valence-electron chi connectivity index (χ3n) is 0.686. The van der Waals surface area contributed by atoms with Crippen molar-refractivity contribution in [3.63, 3.8) is 0 Å². The Kier molecular flexibility index (Phi) is 1.15. The molecule has 0 radical (unpaired) electrons. The Labute approximate surface area is 48.0 Å².